The SMILES string of the molecule is CC(C)N(C(=O)COC(=O)c1ccc(NC(=O)CC#N)cc1)c1ccccc1. The molecule has 28 heavy (non-hydrogen) atoms. The van der Waals surface area contributed by atoms with Crippen LogP contribution in [0.15, 0.2) is 54.6 Å². The fourth-order valence-electron chi connectivity index (χ4n) is 2.57. The average Bonchev–Trinajstić information content (AvgIpc) is 2.67. The van der Waals surface area contributed by atoms with Crippen LogP contribution in [0.25, 0.3) is 0 Å². The van der Waals surface area contributed by atoms with Crippen molar-refractivity contribution >= 4 is 29.2 Å². The fourth-order valence-corrected chi connectivity index (χ4v) is 2.57. The average molecular weight is 379 g/mol. The minimum Gasteiger partial charge on any atom is -0.452 e. The number of hydrogen-bond acceptors (Lipinski definition) is 5. The maximum Gasteiger partial charge on any atom is 0.338 e. The molecule has 0 fully saturated rings. The number of carbonyl (C=O) groups excluding carboxylic acids is 3. The van der Waals surface area contributed by atoms with Gasteiger partial charge >= 0.3 is 5.97 Å². The lowest BCUT2D eigenvalue weighted by atomic mass is 10.2. The summed E-state index contributed by atoms with van der Waals surface area (Å²) >= 11 is 0. The maximum atomic E-state index is 12.5. The summed E-state index contributed by atoms with van der Waals surface area (Å²) in [4.78, 5) is 37.7. The van der Waals surface area contributed by atoms with Crippen molar-refractivity contribution in [1.82, 2.24) is 0 Å². The van der Waals surface area contributed by atoms with E-state index >= 15 is 0 Å². The summed E-state index contributed by atoms with van der Waals surface area (Å²) in [5, 5.41) is 11.0. The molecule has 0 spiro atoms. The molecule has 0 saturated heterocycles. The van der Waals surface area contributed by atoms with Gasteiger partial charge in [0, 0.05) is 17.4 Å². The van der Waals surface area contributed by atoms with E-state index in [0.717, 1.165) is 5.69 Å². The quantitative estimate of drug-likeness (QED) is 0.745. The van der Waals surface area contributed by atoms with Gasteiger partial charge < -0.3 is 15.0 Å². The Bertz CT molecular complexity index is 871. The Morgan fingerprint density at radius 2 is 1.71 bits per heavy atom. The van der Waals surface area contributed by atoms with E-state index in [4.69, 9.17) is 10.00 Å². The summed E-state index contributed by atoms with van der Waals surface area (Å²) in [5.74, 6) is -1.40. The van der Waals surface area contributed by atoms with E-state index in [1.54, 1.807) is 11.0 Å². The topological polar surface area (TPSA) is 99.5 Å². The fraction of sp³-hybridized carbons (Fsp3) is 0.238. The van der Waals surface area contributed by atoms with Crippen LogP contribution >= 0.6 is 0 Å². The molecule has 0 aromatic heterocycles. The van der Waals surface area contributed by atoms with E-state index < -0.39 is 11.9 Å². The molecule has 0 atom stereocenters. The van der Waals surface area contributed by atoms with Crippen LogP contribution in [-0.2, 0) is 14.3 Å². The molecular formula is C21H21N3O4. The highest BCUT2D eigenvalue weighted by Crippen LogP contribution is 2.17. The van der Waals surface area contributed by atoms with Crippen molar-refractivity contribution in [2.75, 3.05) is 16.8 Å². The highest BCUT2D eigenvalue weighted by atomic mass is 16.5. The molecule has 0 unspecified atom stereocenters. The van der Waals surface area contributed by atoms with Crippen molar-refractivity contribution in [2.24, 2.45) is 0 Å². The molecule has 144 valence electrons. The van der Waals surface area contributed by atoms with E-state index in [9.17, 15) is 14.4 Å². The van der Waals surface area contributed by atoms with Gasteiger partial charge in [0.25, 0.3) is 5.91 Å². The number of anilines is 2. The zero-order valence-electron chi connectivity index (χ0n) is 15.7. The van der Waals surface area contributed by atoms with Crippen molar-refractivity contribution in [3.8, 4) is 6.07 Å². The third kappa shape index (κ3) is 5.68. The number of ether oxygens (including phenoxy) is 1. The lowest BCUT2D eigenvalue weighted by Crippen LogP contribution is -2.39. The molecule has 2 amide bonds. The van der Waals surface area contributed by atoms with Crippen LogP contribution in [0.1, 0.15) is 30.6 Å². The Labute approximate surface area is 163 Å². The summed E-state index contributed by atoms with van der Waals surface area (Å²) in [5.41, 5.74) is 1.45. The van der Waals surface area contributed by atoms with E-state index in [2.05, 4.69) is 5.32 Å². The van der Waals surface area contributed by atoms with Crippen molar-refractivity contribution in [1.29, 1.82) is 5.26 Å². The van der Waals surface area contributed by atoms with Crippen LogP contribution in [0.5, 0.6) is 0 Å². The van der Waals surface area contributed by atoms with Crippen LogP contribution in [0.3, 0.4) is 0 Å². The normalized spacial score (nSPS) is 10.1. The first kappa shape index (κ1) is 20.6. The lowest BCUT2D eigenvalue weighted by Gasteiger charge is -2.26. The summed E-state index contributed by atoms with van der Waals surface area (Å²) < 4.78 is 5.14. The van der Waals surface area contributed by atoms with Crippen molar-refractivity contribution < 1.29 is 19.1 Å². The Kier molecular flexibility index (Phi) is 7.28. The van der Waals surface area contributed by atoms with E-state index in [0.29, 0.717) is 5.69 Å². The number of nitrogens with one attached hydrogen (secondary N) is 1. The Morgan fingerprint density at radius 3 is 2.29 bits per heavy atom. The van der Waals surface area contributed by atoms with Crippen LogP contribution in [0.2, 0.25) is 0 Å². The van der Waals surface area contributed by atoms with Gasteiger partial charge in [-0.05, 0) is 50.2 Å². The molecule has 0 aliphatic heterocycles. The predicted octanol–water partition coefficient (Wildman–Crippen LogP) is 3.14. The molecule has 0 heterocycles. The van der Waals surface area contributed by atoms with Crippen molar-refractivity contribution in [2.45, 2.75) is 26.3 Å². The van der Waals surface area contributed by atoms with Crippen LogP contribution in [0, 0.1) is 11.3 Å². The number of para-hydroxylation sites is 1. The number of esters is 1. The van der Waals surface area contributed by atoms with Gasteiger partial charge in [-0.1, -0.05) is 18.2 Å². The van der Waals surface area contributed by atoms with Gasteiger partial charge in [0.05, 0.1) is 11.6 Å². The number of amides is 2. The van der Waals surface area contributed by atoms with Crippen LogP contribution in [0.4, 0.5) is 11.4 Å². The molecule has 7 nitrogen and oxygen atoms in total. The summed E-state index contributed by atoms with van der Waals surface area (Å²) in [6, 6.07) is 16.8. The molecule has 0 aliphatic carbocycles. The second-order valence-electron chi connectivity index (χ2n) is 6.23. The first-order chi connectivity index (χ1) is 13.4. The number of nitrogens with zero attached hydrogens (tertiary/aromatic N) is 2. The standard InChI is InChI=1S/C21H21N3O4/c1-15(2)24(18-6-4-3-5-7-18)20(26)14-28-21(27)16-8-10-17(11-9-16)23-19(25)12-13-22/h3-11,15H,12,14H2,1-2H3,(H,23,25). The van der Waals surface area contributed by atoms with Gasteiger partial charge in [-0.3, -0.25) is 9.59 Å². The maximum absolute atomic E-state index is 12.5. The predicted molar refractivity (Wildman–Crippen MR) is 105 cm³/mol. The monoisotopic (exact) mass is 379 g/mol. The largest absolute Gasteiger partial charge is 0.452 e. The second kappa shape index (κ2) is 9.88. The van der Waals surface area contributed by atoms with Gasteiger partial charge in [-0.25, -0.2) is 4.79 Å². The molecule has 2 aromatic carbocycles. The molecule has 2 rings (SSSR count). The minimum absolute atomic E-state index is 0.0927. The molecule has 0 radical (unpaired) electrons. The van der Waals surface area contributed by atoms with Gasteiger partial charge in [0.2, 0.25) is 5.91 Å². The first-order valence-corrected chi connectivity index (χ1v) is 8.73. The number of benzene rings is 2. The Balaban J connectivity index is 1.96. The molecule has 0 aliphatic rings. The second-order valence-corrected chi connectivity index (χ2v) is 6.23. The Morgan fingerprint density at radius 1 is 1.07 bits per heavy atom. The summed E-state index contributed by atoms with van der Waals surface area (Å²) in [6.07, 6.45) is -0.250. The molecule has 0 bridgehead atoms. The zero-order chi connectivity index (χ0) is 20.5. The minimum atomic E-state index is -0.639. The van der Waals surface area contributed by atoms with E-state index in [-0.39, 0.29) is 30.5 Å². The molecular weight excluding hydrogens is 358 g/mol. The molecule has 1 N–H and O–H groups in total. The van der Waals surface area contributed by atoms with E-state index in [1.807, 2.05) is 44.2 Å². The van der Waals surface area contributed by atoms with Gasteiger partial charge in [-0.2, -0.15) is 5.26 Å². The van der Waals surface area contributed by atoms with Crippen LogP contribution < -0.4 is 10.2 Å². The van der Waals surface area contributed by atoms with Crippen molar-refractivity contribution in [3.05, 3.63) is 60.2 Å². The Hall–Kier alpha value is -3.66. The summed E-state index contributed by atoms with van der Waals surface area (Å²) in [7, 11) is 0. The van der Waals surface area contributed by atoms with E-state index in [1.165, 1.54) is 24.3 Å². The number of rotatable bonds is 7. The molecule has 7 heteroatoms. The molecule has 0 saturated carbocycles. The van der Waals surface area contributed by atoms with Crippen LogP contribution in [-0.4, -0.2) is 30.4 Å². The van der Waals surface area contributed by atoms with Gasteiger partial charge in [0.1, 0.15) is 6.42 Å². The third-order valence-corrected chi connectivity index (χ3v) is 3.79. The lowest BCUT2D eigenvalue weighted by molar-refractivity contribution is -0.122. The number of nitriles is 1. The van der Waals surface area contributed by atoms with Crippen molar-refractivity contribution in [3.63, 3.8) is 0 Å². The summed E-state index contributed by atoms with van der Waals surface area (Å²) in [6.45, 7) is 3.38. The molecule has 2 aromatic rings. The highest BCUT2D eigenvalue weighted by Gasteiger charge is 2.20. The van der Waals surface area contributed by atoms with Gasteiger partial charge in [-0.15, -0.1) is 0 Å². The number of carbonyl (C=O) groups is 3. The third-order valence-electron chi connectivity index (χ3n) is 3.79. The first-order valence-electron chi connectivity index (χ1n) is 8.73. The smallest absolute Gasteiger partial charge is 0.338 e. The number of hydrogen-bond donors (Lipinski definition) is 1. The highest BCUT2D eigenvalue weighted by molar-refractivity contribution is 5.98. The van der Waals surface area contributed by atoms with Gasteiger partial charge in [0.15, 0.2) is 6.61 Å². The zero-order valence-corrected chi connectivity index (χ0v) is 15.7.